The van der Waals surface area contributed by atoms with Gasteiger partial charge in [-0.3, -0.25) is 33.8 Å². The lowest BCUT2D eigenvalue weighted by molar-refractivity contribution is -0.384. The highest BCUT2D eigenvalue weighted by molar-refractivity contribution is 7.52. The molecule has 0 saturated carbocycles. The number of hydrogen-bond acceptors (Lipinski definition) is 10. The molecule has 190 valence electrons. The molecule has 4 atom stereocenters. The van der Waals surface area contributed by atoms with Gasteiger partial charge in [-0.25, -0.2) is 9.36 Å². The second-order valence-electron chi connectivity index (χ2n) is 7.78. The number of aromatic nitrogens is 2. The number of methoxy groups -OCH3 is 1. The van der Waals surface area contributed by atoms with Crippen molar-refractivity contribution in [1.29, 1.82) is 0 Å². The minimum Gasteiger partial charge on any atom is -0.468 e. The Hall–Kier alpha value is -3.32. The first kappa shape index (κ1) is 26.3. The summed E-state index contributed by atoms with van der Waals surface area (Å²) in [5, 5.41) is 13.3. The summed E-state index contributed by atoms with van der Waals surface area (Å²) in [6.45, 7) is 2.73. The zero-order valence-corrected chi connectivity index (χ0v) is 20.1. The van der Waals surface area contributed by atoms with Gasteiger partial charge in [0.1, 0.15) is 18.0 Å². The normalized spacial score (nSPS) is 20.1. The van der Waals surface area contributed by atoms with Crippen LogP contribution in [0.3, 0.4) is 0 Å². The number of aromatic amines is 1. The second kappa shape index (κ2) is 11.0. The Labute approximate surface area is 198 Å². The number of nitro benzene ring substituents is 1. The molecule has 1 aliphatic heterocycles. The number of aryl methyl sites for hydroxylation is 1. The molecule has 1 aromatic heterocycles. The number of nitro groups is 1. The molecule has 0 bridgehead atoms. The van der Waals surface area contributed by atoms with Crippen molar-refractivity contribution in [2.45, 2.75) is 45.1 Å². The Kier molecular flexibility index (Phi) is 8.22. The smallest absolute Gasteiger partial charge is 0.459 e. The van der Waals surface area contributed by atoms with Gasteiger partial charge in [-0.15, -0.1) is 0 Å². The molecule has 3 rings (SSSR count). The van der Waals surface area contributed by atoms with Gasteiger partial charge >= 0.3 is 19.4 Å². The van der Waals surface area contributed by atoms with Crippen LogP contribution in [0.4, 0.5) is 5.69 Å². The van der Waals surface area contributed by atoms with Crippen LogP contribution in [0.2, 0.25) is 0 Å². The van der Waals surface area contributed by atoms with E-state index in [9.17, 15) is 29.1 Å². The van der Waals surface area contributed by atoms with E-state index < -0.39 is 48.3 Å². The zero-order chi connectivity index (χ0) is 25.8. The number of carbonyl (C=O) groups is 1. The summed E-state index contributed by atoms with van der Waals surface area (Å²) in [6, 6.07) is 3.75. The van der Waals surface area contributed by atoms with Crippen molar-refractivity contribution in [2.24, 2.45) is 0 Å². The number of nitrogens with one attached hydrogen (secondary N) is 2. The molecule has 1 aromatic carbocycles. The summed E-state index contributed by atoms with van der Waals surface area (Å²) in [4.78, 5) is 48.0. The Balaban J connectivity index is 1.71. The van der Waals surface area contributed by atoms with Crippen LogP contribution in [-0.4, -0.2) is 46.3 Å². The maximum atomic E-state index is 13.4. The molecule has 35 heavy (non-hydrogen) atoms. The van der Waals surface area contributed by atoms with Gasteiger partial charge < -0.3 is 14.0 Å². The van der Waals surface area contributed by atoms with Crippen LogP contribution in [-0.2, 0) is 23.4 Å². The van der Waals surface area contributed by atoms with Crippen LogP contribution in [0.25, 0.3) is 0 Å². The number of hydrogen-bond donors (Lipinski definition) is 2. The molecule has 2 heterocycles. The van der Waals surface area contributed by atoms with Crippen LogP contribution in [0, 0.1) is 17.0 Å². The highest BCUT2D eigenvalue weighted by atomic mass is 31.2. The van der Waals surface area contributed by atoms with Crippen molar-refractivity contribution in [3.63, 3.8) is 0 Å². The van der Waals surface area contributed by atoms with Crippen molar-refractivity contribution in [2.75, 3.05) is 13.7 Å². The first-order valence-corrected chi connectivity index (χ1v) is 12.1. The minimum absolute atomic E-state index is 0.00369. The first-order valence-electron chi connectivity index (χ1n) is 10.5. The topological polar surface area (TPSA) is 181 Å². The molecule has 0 radical (unpaired) electrons. The largest absolute Gasteiger partial charge is 0.468 e. The van der Waals surface area contributed by atoms with Gasteiger partial charge in [-0.05, 0) is 38.8 Å². The summed E-state index contributed by atoms with van der Waals surface area (Å²) in [5.41, 5.74) is -0.954. The van der Waals surface area contributed by atoms with Crippen LogP contribution >= 0.6 is 7.75 Å². The summed E-state index contributed by atoms with van der Waals surface area (Å²) in [7, 11) is -3.02. The molecule has 15 heteroatoms. The monoisotopic (exact) mass is 512 g/mol. The molecule has 0 spiro atoms. The summed E-state index contributed by atoms with van der Waals surface area (Å²) >= 11 is 0. The fourth-order valence-corrected chi connectivity index (χ4v) is 4.84. The summed E-state index contributed by atoms with van der Waals surface area (Å²) < 4.78 is 36.1. The van der Waals surface area contributed by atoms with E-state index in [1.54, 1.807) is 6.92 Å². The van der Waals surface area contributed by atoms with E-state index >= 15 is 0 Å². The number of carbonyl (C=O) groups excluding carboxylic acids is 1. The van der Waals surface area contributed by atoms with Crippen molar-refractivity contribution in [1.82, 2.24) is 14.6 Å². The van der Waals surface area contributed by atoms with E-state index in [-0.39, 0.29) is 18.0 Å². The summed E-state index contributed by atoms with van der Waals surface area (Å²) in [5.74, 6) is -0.713. The number of nitrogens with zero attached hydrogens (tertiary/aromatic N) is 2. The third kappa shape index (κ3) is 6.63. The van der Waals surface area contributed by atoms with Crippen LogP contribution in [0.15, 0.2) is 40.1 Å². The molecular formula is C20H25N4O10P. The molecule has 1 fully saturated rings. The van der Waals surface area contributed by atoms with Gasteiger partial charge in [0.05, 0.1) is 24.7 Å². The Bertz CT molecular complexity index is 1240. The molecular weight excluding hydrogens is 487 g/mol. The van der Waals surface area contributed by atoms with Gasteiger partial charge in [0, 0.05) is 23.9 Å². The van der Waals surface area contributed by atoms with Crippen molar-refractivity contribution < 1.29 is 32.8 Å². The number of rotatable bonds is 10. The molecule has 0 amide bonds. The Morgan fingerprint density at radius 3 is 2.66 bits per heavy atom. The number of ether oxygens (including phenoxy) is 2. The second-order valence-corrected chi connectivity index (χ2v) is 9.47. The molecule has 0 aliphatic carbocycles. The standard InChI is InChI=1S/C20H25N4O10P/c1-12-10-23(20(27)21-18(12)25)17-9-8-16(33-17)11-32-35(30,22-13(2)19(26)31-3)34-15-6-4-14(5-7-15)24(28)29/h4-7,10,13,16-17H,8-9,11H2,1-3H3,(H,22,30)(H,21,25,27)/t13-,16-,17+,35?/m0/s1. The Morgan fingerprint density at radius 1 is 1.34 bits per heavy atom. The van der Waals surface area contributed by atoms with E-state index in [1.807, 2.05) is 0 Å². The van der Waals surface area contributed by atoms with E-state index in [0.717, 1.165) is 19.2 Å². The molecule has 1 aliphatic rings. The van der Waals surface area contributed by atoms with Crippen molar-refractivity contribution >= 4 is 19.4 Å². The van der Waals surface area contributed by atoms with Crippen LogP contribution < -0.4 is 20.9 Å². The number of non-ortho nitro benzene ring substituents is 1. The molecule has 14 nitrogen and oxygen atoms in total. The number of benzene rings is 1. The highest BCUT2D eigenvalue weighted by Gasteiger charge is 2.35. The van der Waals surface area contributed by atoms with E-state index in [4.69, 9.17) is 13.8 Å². The van der Waals surface area contributed by atoms with Gasteiger partial charge in [-0.2, -0.15) is 5.09 Å². The molecule has 2 aromatic rings. The maximum absolute atomic E-state index is 13.4. The van der Waals surface area contributed by atoms with Crippen molar-refractivity contribution in [3.8, 4) is 5.75 Å². The lowest BCUT2D eigenvalue weighted by Gasteiger charge is -2.24. The molecule has 1 unspecified atom stereocenters. The zero-order valence-electron chi connectivity index (χ0n) is 19.2. The highest BCUT2D eigenvalue weighted by Crippen LogP contribution is 2.46. The fraction of sp³-hybridized carbons (Fsp3) is 0.450. The van der Waals surface area contributed by atoms with E-state index in [1.165, 1.54) is 29.8 Å². The quantitative estimate of drug-likeness (QED) is 0.205. The lowest BCUT2D eigenvalue weighted by atomic mass is 10.2. The van der Waals surface area contributed by atoms with Gasteiger partial charge in [-0.1, -0.05) is 0 Å². The van der Waals surface area contributed by atoms with E-state index in [0.29, 0.717) is 18.4 Å². The predicted molar refractivity (Wildman–Crippen MR) is 121 cm³/mol. The fourth-order valence-electron chi connectivity index (χ4n) is 3.32. The lowest BCUT2D eigenvalue weighted by Crippen LogP contribution is -2.35. The summed E-state index contributed by atoms with van der Waals surface area (Å²) in [6.07, 6.45) is 1.03. The Morgan fingerprint density at radius 2 is 2.03 bits per heavy atom. The SMILES string of the molecule is COC(=O)[C@H](C)NP(=O)(OC[C@@H]1CC[C@H](n2cc(C)c(=O)[nH]c2=O)O1)Oc1ccc([N+](=O)[O-])cc1. The maximum Gasteiger partial charge on any atom is 0.459 e. The average molecular weight is 512 g/mol. The van der Waals surface area contributed by atoms with Crippen LogP contribution in [0.5, 0.6) is 5.75 Å². The predicted octanol–water partition coefficient (Wildman–Crippen LogP) is 1.79. The first-order chi connectivity index (χ1) is 16.5. The van der Waals surface area contributed by atoms with Gasteiger partial charge in [0.15, 0.2) is 0 Å². The van der Waals surface area contributed by atoms with Gasteiger partial charge in [0.2, 0.25) is 0 Å². The number of H-pyrrole nitrogens is 1. The number of esters is 1. The third-order valence-corrected chi connectivity index (χ3v) is 6.79. The average Bonchev–Trinajstić information content (AvgIpc) is 3.28. The van der Waals surface area contributed by atoms with Crippen LogP contribution in [0.1, 0.15) is 31.6 Å². The molecule has 2 N–H and O–H groups in total. The third-order valence-electron chi connectivity index (χ3n) is 5.15. The minimum atomic E-state index is -4.19. The van der Waals surface area contributed by atoms with E-state index in [2.05, 4.69) is 14.8 Å². The molecule has 1 saturated heterocycles. The van der Waals surface area contributed by atoms with Crippen molar-refractivity contribution in [3.05, 3.63) is 67.0 Å². The van der Waals surface area contributed by atoms with Gasteiger partial charge in [0.25, 0.3) is 11.2 Å².